The Labute approximate surface area is 133 Å². The van der Waals surface area contributed by atoms with Crippen molar-refractivity contribution in [3.63, 3.8) is 0 Å². The van der Waals surface area contributed by atoms with E-state index >= 15 is 0 Å². The number of benzene rings is 1. The summed E-state index contributed by atoms with van der Waals surface area (Å²) >= 11 is 0. The van der Waals surface area contributed by atoms with Gasteiger partial charge in [0.25, 0.3) is 0 Å². The second-order valence-corrected chi connectivity index (χ2v) is 6.45. The van der Waals surface area contributed by atoms with Gasteiger partial charge in [0.05, 0.1) is 7.11 Å². The number of hydrogen-bond donors (Lipinski definition) is 1. The van der Waals surface area contributed by atoms with E-state index in [0.717, 1.165) is 44.3 Å². The van der Waals surface area contributed by atoms with Gasteiger partial charge in [-0.15, -0.1) is 0 Å². The molecule has 1 N–H and O–H groups in total. The topological polar surface area (TPSA) is 33.7 Å². The minimum absolute atomic E-state index is 0.376. The van der Waals surface area contributed by atoms with Crippen molar-refractivity contribution in [2.75, 3.05) is 39.9 Å². The number of rotatable bonds is 5. The van der Waals surface area contributed by atoms with Crippen LogP contribution in [0.15, 0.2) is 24.3 Å². The predicted molar refractivity (Wildman–Crippen MR) is 88.7 cm³/mol. The maximum atomic E-state index is 5.98. The normalized spacial score (nSPS) is 21.7. The SMILES string of the molecule is COc1ccccc1OCCN1CCNCC12CCCCC2. The number of ether oxygens (including phenoxy) is 2. The average Bonchev–Trinajstić information content (AvgIpc) is 2.58. The fraction of sp³-hybridized carbons (Fsp3) is 0.667. The molecule has 1 saturated carbocycles. The summed E-state index contributed by atoms with van der Waals surface area (Å²) in [6.07, 6.45) is 6.79. The Balaban J connectivity index is 1.57. The highest BCUT2D eigenvalue weighted by Crippen LogP contribution is 2.34. The molecule has 2 aliphatic rings. The molecule has 0 radical (unpaired) electrons. The van der Waals surface area contributed by atoms with Gasteiger partial charge in [0.15, 0.2) is 11.5 Å². The van der Waals surface area contributed by atoms with Crippen molar-refractivity contribution in [3.05, 3.63) is 24.3 Å². The van der Waals surface area contributed by atoms with Gasteiger partial charge in [0, 0.05) is 31.7 Å². The highest BCUT2D eigenvalue weighted by molar-refractivity contribution is 5.39. The summed E-state index contributed by atoms with van der Waals surface area (Å²) in [6.45, 7) is 5.09. The lowest BCUT2D eigenvalue weighted by Gasteiger charge is -2.49. The molecule has 1 saturated heterocycles. The van der Waals surface area contributed by atoms with Gasteiger partial charge in [-0.05, 0) is 25.0 Å². The zero-order valence-electron chi connectivity index (χ0n) is 13.6. The van der Waals surface area contributed by atoms with E-state index in [-0.39, 0.29) is 0 Å². The number of piperazine rings is 1. The molecule has 0 atom stereocenters. The van der Waals surface area contributed by atoms with Crippen molar-refractivity contribution in [1.82, 2.24) is 10.2 Å². The zero-order valence-corrected chi connectivity index (χ0v) is 13.6. The molecule has 2 fully saturated rings. The molecular weight excluding hydrogens is 276 g/mol. The Bertz CT molecular complexity index is 464. The third kappa shape index (κ3) is 3.39. The van der Waals surface area contributed by atoms with Gasteiger partial charge in [0.2, 0.25) is 0 Å². The van der Waals surface area contributed by atoms with E-state index in [4.69, 9.17) is 9.47 Å². The lowest BCUT2D eigenvalue weighted by molar-refractivity contribution is 0.0181. The van der Waals surface area contributed by atoms with E-state index in [9.17, 15) is 0 Å². The molecule has 1 spiro atoms. The van der Waals surface area contributed by atoms with E-state index in [2.05, 4.69) is 10.2 Å². The molecule has 1 aromatic rings. The number of para-hydroxylation sites is 2. The summed E-state index contributed by atoms with van der Waals surface area (Å²) < 4.78 is 11.3. The molecule has 1 aliphatic heterocycles. The van der Waals surface area contributed by atoms with Crippen LogP contribution in [0.3, 0.4) is 0 Å². The van der Waals surface area contributed by atoms with Crippen LogP contribution in [0.1, 0.15) is 32.1 Å². The van der Waals surface area contributed by atoms with Crippen molar-refractivity contribution in [1.29, 1.82) is 0 Å². The molecule has 4 heteroatoms. The fourth-order valence-electron chi connectivity index (χ4n) is 3.94. The quantitative estimate of drug-likeness (QED) is 0.907. The monoisotopic (exact) mass is 304 g/mol. The molecule has 0 aromatic heterocycles. The summed E-state index contributed by atoms with van der Waals surface area (Å²) in [5.74, 6) is 1.66. The fourth-order valence-corrected chi connectivity index (χ4v) is 3.94. The van der Waals surface area contributed by atoms with Gasteiger partial charge in [0.1, 0.15) is 6.61 Å². The molecule has 0 unspecified atom stereocenters. The average molecular weight is 304 g/mol. The Morgan fingerprint density at radius 2 is 1.91 bits per heavy atom. The van der Waals surface area contributed by atoms with E-state index in [1.165, 1.54) is 32.1 Å². The van der Waals surface area contributed by atoms with Crippen LogP contribution < -0.4 is 14.8 Å². The molecule has 4 nitrogen and oxygen atoms in total. The van der Waals surface area contributed by atoms with Crippen molar-refractivity contribution < 1.29 is 9.47 Å². The number of nitrogens with zero attached hydrogens (tertiary/aromatic N) is 1. The van der Waals surface area contributed by atoms with Gasteiger partial charge < -0.3 is 14.8 Å². The van der Waals surface area contributed by atoms with Crippen LogP contribution in [-0.4, -0.2) is 50.3 Å². The largest absolute Gasteiger partial charge is 0.493 e. The number of hydrogen-bond acceptors (Lipinski definition) is 4. The minimum Gasteiger partial charge on any atom is -0.493 e. The van der Waals surface area contributed by atoms with Crippen LogP contribution in [0, 0.1) is 0 Å². The molecule has 0 amide bonds. The third-order valence-corrected chi connectivity index (χ3v) is 5.16. The van der Waals surface area contributed by atoms with Crippen LogP contribution in [-0.2, 0) is 0 Å². The van der Waals surface area contributed by atoms with Crippen molar-refractivity contribution in [2.24, 2.45) is 0 Å². The van der Waals surface area contributed by atoms with Crippen LogP contribution in [0.4, 0.5) is 0 Å². The first-order chi connectivity index (χ1) is 10.8. The summed E-state index contributed by atoms with van der Waals surface area (Å²) in [5, 5.41) is 3.60. The molecule has 0 bridgehead atoms. The first-order valence-corrected chi connectivity index (χ1v) is 8.56. The van der Waals surface area contributed by atoms with Crippen LogP contribution in [0.5, 0.6) is 11.5 Å². The van der Waals surface area contributed by atoms with Crippen molar-refractivity contribution >= 4 is 0 Å². The van der Waals surface area contributed by atoms with Crippen molar-refractivity contribution in [3.8, 4) is 11.5 Å². The second-order valence-electron chi connectivity index (χ2n) is 6.45. The lowest BCUT2D eigenvalue weighted by atomic mass is 9.79. The van der Waals surface area contributed by atoms with Crippen LogP contribution >= 0.6 is 0 Å². The predicted octanol–water partition coefficient (Wildman–Crippen LogP) is 2.68. The summed E-state index contributed by atoms with van der Waals surface area (Å²) in [7, 11) is 1.69. The standard InChI is InChI=1S/C18H28N2O2/c1-21-16-7-3-4-8-17(16)22-14-13-20-12-11-19-15-18(20)9-5-2-6-10-18/h3-4,7-8,19H,2,5-6,9-15H2,1H3. The van der Waals surface area contributed by atoms with Gasteiger partial charge in [-0.2, -0.15) is 0 Å². The van der Waals surface area contributed by atoms with E-state index in [1.807, 2.05) is 24.3 Å². The molecular formula is C18H28N2O2. The van der Waals surface area contributed by atoms with Crippen molar-refractivity contribution in [2.45, 2.75) is 37.6 Å². The van der Waals surface area contributed by atoms with Crippen LogP contribution in [0.25, 0.3) is 0 Å². The Morgan fingerprint density at radius 1 is 1.14 bits per heavy atom. The minimum atomic E-state index is 0.376. The Kier molecular flexibility index (Phi) is 5.21. The zero-order chi connectivity index (χ0) is 15.3. The van der Waals surface area contributed by atoms with Crippen LogP contribution in [0.2, 0.25) is 0 Å². The first-order valence-electron chi connectivity index (χ1n) is 8.56. The summed E-state index contributed by atoms with van der Waals surface area (Å²) in [4.78, 5) is 2.66. The maximum Gasteiger partial charge on any atom is 0.161 e. The van der Waals surface area contributed by atoms with Gasteiger partial charge >= 0.3 is 0 Å². The molecule has 1 aliphatic carbocycles. The molecule has 3 rings (SSSR count). The van der Waals surface area contributed by atoms with Gasteiger partial charge in [-0.1, -0.05) is 31.4 Å². The molecule has 1 heterocycles. The van der Waals surface area contributed by atoms with Gasteiger partial charge in [-0.3, -0.25) is 4.90 Å². The molecule has 1 aromatic carbocycles. The second kappa shape index (κ2) is 7.34. The molecule has 22 heavy (non-hydrogen) atoms. The number of nitrogens with one attached hydrogen (secondary N) is 1. The highest BCUT2D eigenvalue weighted by Gasteiger charge is 2.39. The summed E-state index contributed by atoms with van der Waals surface area (Å²) in [5.41, 5.74) is 0.376. The number of methoxy groups -OCH3 is 1. The lowest BCUT2D eigenvalue weighted by Crippen LogP contribution is -2.62. The Hall–Kier alpha value is -1.26. The van der Waals surface area contributed by atoms with E-state index in [1.54, 1.807) is 7.11 Å². The van der Waals surface area contributed by atoms with E-state index < -0.39 is 0 Å². The first kappa shape index (κ1) is 15.6. The maximum absolute atomic E-state index is 5.98. The molecule has 122 valence electrons. The smallest absolute Gasteiger partial charge is 0.161 e. The highest BCUT2D eigenvalue weighted by atomic mass is 16.5. The van der Waals surface area contributed by atoms with E-state index in [0.29, 0.717) is 5.54 Å². The van der Waals surface area contributed by atoms with Gasteiger partial charge in [-0.25, -0.2) is 0 Å². The third-order valence-electron chi connectivity index (χ3n) is 5.16. The Morgan fingerprint density at radius 3 is 2.68 bits per heavy atom. The summed E-state index contributed by atoms with van der Waals surface area (Å²) in [6, 6.07) is 7.89.